The molecule has 0 unspecified atom stereocenters. The molecule has 0 aliphatic carbocycles. The number of aryl methyl sites for hydroxylation is 3. The summed E-state index contributed by atoms with van der Waals surface area (Å²) < 4.78 is 5.25. The molecule has 2 aromatic rings. The van der Waals surface area contributed by atoms with Gasteiger partial charge in [0, 0.05) is 10.9 Å². The van der Waals surface area contributed by atoms with Crippen LogP contribution in [0.1, 0.15) is 16.7 Å². The van der Waals surface area contributed by atoms with Crippen LogP contribution < -0.4 is 5.63 Å². The van der Waals surface area contributed by atoms with Gasteiger partial charge in [-0.05, 0) is 38.0 Å². The lowest BCUT2D eigenvalue weighted by molar-refractivity contribution is 0.552. The third-order valence-electron chi connectivity index (χ3n) is 2.60. The molecule has 0 aliphatic rings. The van der Waals surface area contributed by atoms with E-state index in [1.807, 2.05) is 32.0 Å². The smallest absolute Gasteiger partial charge is 0.339 e. The van der Waals surface area contributed by atoms with Gasteiger partial charge in [-0.1, -0.05) is 12.1 Å². The van der Waals surface area contributed by atoms with Crippen LogP contribution >= 0.6 is 0 Å². The molecule has 72 valence electrons. The zero-order valence-corrected chi connectivity index (χ0v) is 8.55. The Bertz CT molecular complexity index is 550. The maximum absolute atomic E-state index is 11.3. The van der Waals surface area contributed by atoms with Crippen molar-refractivity contribution in [1.82, 2.24) is 0 Å². The van der Waals surface area contributed by atoms with E-state index in [0.29, 0.717) is 11.1 Å². The minimum absolute atomic E-state index is 0.244. The normalized spacial score (nSPS) is 10.8. The third-order valence-corrected chi connectivity index (χ3v) is 2.60. The quantitative estimate of drug-likeness (QED) is 0.595. The van der Waals surface area contributed by atoms with Gasteiger partial charge in [0.1, 0.15) is 5.58 Å². The Labute approximate surface area is 82.2 Å². The van der Waals surface area contributed by atoms with Crippen LogP contribution in [0.5, 0.6) is 0 Å². The predicted octanol–water partition coefficient (Wildman–Crippen LogP) is 2.72. The monoisotopic (exact) mass is 188 g/mol. The molecule has 0 fully saturated rings. The van der Waals surface area contributed by atoms with Crippen LogP contribution in [-0.2, 0) is 0 Å². The van der Waals surface area contributed by atoms with E-state index >= 15 is 0 Å². The first-order chi connectivity index (χ1) is 6.59. The van der Waals surface area contributed by atoms with Crippen LogP contribution in [0.15, 0.2) is 27.4 Å². The van der Waals surface area contributed by atoms with Gasteiger partial charge in [-0.25, -0.2) is 4.79 Å². The molecule has 0 saturated heterocycles. The van der Waals surface area contributed by atoms with Gasteiger partial charge in [0.25, 0.3) is 0 Å². The van der Waals surface area contributed by atoms with Crippen LogP contribution in [0.2, 0.25) is 0 Å². The van der Waals surface area contributed by atoms with E-state index < -0.39 is 0 Å². The maximum Gasteiger partial charge on any atom is 0.339 e. The van der Waals surface area contributed by atoms with Crippen LogP contribution in [0, 0.1) is 20.8 Å². The summed E-state index contributed by atoms with van der Waals surface area (Å²) in [7, 11) is 0. The van der Waals surface area contributed by atoms with Crippen LogP contribution in [0.25, 0.3) is 11.0 Å². The minimum Gasteiger partial charge on any atom is -0.422 e. The van der Waals surface area contributed by atoms with Crippen molar-refractivity contribution in [1.29, 1.82) is 0 Å². The van der Waals surface area contributed by atoms with E-state index in [1.165, 1.54) is 0 Å². The van der Waals surface area contributed by atoms with Gasteiger partial charge >= 0.3 is 5.63 Å². The Morgan fingerprint density at radius 2 is 1.79 bits per heavy atom. The van der Waals surface area contributed by atoms with Gasteiger partial charge in [0.2, 0.25) is 0 Å². The molecule has 0 bridgehead atoms. The first-order valence-electron chi connectivity index (χ1n) is 4.60. The van der Waals surface area contributed by atoms with Crippen molar-refractivity contribution in [2.24, 2.45) is 0 Å². The largest absolute Gasteiger partial charge is 0.422 e. The molecule has 1 aromatic carbocycles. The molecule has 0 radical (unpaired) electrons. The van der Waals surface area contributed by atoms with Crippen LogP contribution in [0.3, 0.4) is 0 Å². The molecular weight excluding hydrogens is 176 g/mol. The molecule has 2 heteroatoms. The second kappa shape index (κ2) is 2.98. The third kappa shape index (κ3) is 1.23. The van der Waals surface area contributed by atoms with Crippen molar-refractivity contribution in [3.8, 4) is 0 Å². The molecule has 1 heterocycles. The summed E-state index contributed by atoms with van der Waals surface area (Å²) in [5, 5.41) is 0.991. The summed E-state index contributed by atoms with van der Waals surface area (Å²) in [5.41, 5.74) is 3.30. The summed E-state index contributed by atoms with van der Waals surface area (Å²) in [4.78, 5) is 11.3. The molecule has 0 N–H and O–H groups in total. The average molecular weight is 188 g/mol. The van der Waals surface area contributed by atoms with Gasteiger partial charge in [-0.15, -0.1) is 0 Å². The fourth-order valence-corrected chi connectivity index (χ4v) is 1.53. The Kier molecular flexibility index (Phi) is 1.92. The molecule has 2 nitrogen and oxygen atoms in total. The highest BCUT2D eigenvalue weighted by Gasteiger charge is 2.05. The van der Waals surface area contributed by atoms with Gasteiger partial charge in [0.15, 0.2) is 0 Å². The molecule has 0 saturated carbocycles. The molecule has 1 aromatic heterocycles. The summed E-state index contributed by atoms with van der Waals surface area (Å²) in [6.45, 7) is 5.74. The van der Waals surface area contributed by atoms with Crippen molar-refractivity contribution in [3.63, 3.8) is 0 Å². The molecule has 0 spiro atoms. The number of hydrogen-bond acceptors (Lipinski definition) is 2. The number of benzene rings is 1. The first-order valence-corrected chi connectivity index (χ1v) is 4.60. The molecule has 0 atom stereocenters. The van der Waals surface area contributed by atoms with Gasteiger partial charge in [-0.2, -0.15) is 0 Å². The standard InChI is InChI=1S/C12H12O2/c1-7-4-5-10-6-8(2)12(13)14-11(10)9(7)3/h4-6H,1-3H3. The van der Waals surface area contributed by atoms with Gasteiger partial charge < -0.3 is 4.42 Å². The molecule has 2 rings (SSSR count). The van der Waals surface area contributed by atoms with Crippen molar-refractivity contribution < 1.29 is 4.42 Å². The van der Waals surface area contributed by atoms with E-state index in [9.17, 15) is 4.79 Å². The fraction of sp³-hybridized carbons (Fsp3) is 0.250. The maximum atomic E-state index is 11.3. The van der Waals surface area contributed by atoms with Crippen LogP contribution in [0.4, 0.5) is 0 Å². The van der Waals surface area contributed by atoms with E-state index in [2.05, 4.69) is 0 Å². The zero-order valence-electron chi connectivity index (χ0n) is 8.55. The lowest BCUT2D eigenvalue weighted by Crippen LogP contribution is -2.02. The fourth-order valence-electron chi connectivity index (χ4n) is 1.53. The Balaban J connectivity index is 2.97. The summed E-state index contributed by atoms with van der Waals surface area (Å²) in [5.74, 6) is 0. The lowest BCUT2D eigenvalue weighted by Gasteiger charge is -2.04. The van der Waals surface area contributed by atoms with Crippen molar-refractivity contribution >= 4 is 11.0 Å². The van der Waals surface area contributed by atoms with Gasteiger partial charge in [0.05, 0.1) is 0 Å². The topological polar surface area (TPSA) is 30.2 Å². The van der Waals surface area contributed by atoms with Crippen molar-refractivity contribution in [3.05, 3.63) is 45.3 Å². The second-order valence-electron chi connectivity index (χ2n) is 3.64. The molecular formula is C12H12O2. The Morgan fingerprint density at radius 3 is 2.50 bits per heavy atom. The SMILES string of the molecule is Cc1ccc2cc(C)c(=O)oc2c1C. The zero-order chi connectivity index (χ0) is 10.3. The summed E-state index contributed by atoms with van der Waals surface area (Å²) in [6, 6.07) is 5.89. The molecule has 0 aliphatic heterocycles. The highest BCUT2D eigenvalue weighted by molar-refractivity contribution is 5.81. The van der Waals surface area contributed by atoms with Crippen molar-refractivity contribution in [2.75, 3.05) is 0 Å². The Morgan fingerprint density at radius 1 is 1.07 bits per heavy atom. The number of hydrogen-bond donors (Lipinski definition) is 0. The second-order valence-corrected chi connectivity index (χ2v) is 3.64. The molecule has 14 heavy (non-hydrogen) atoms. The average Bonchev–Trinajstić information content (AvgIpc) is 2.15. The Hall–Kier alpha value is -1.57. The van der Waals surface area contributed by atoms with Gasteiger partial charge in [-0.3, -0.25) is 0 Å². The highest BCUT2D eigenvalue weighted by Crippen LogP contribution is 2.20. The van der Waals surface area contributed by atoms with E-state index in [0.717, 1.165) is 16.5 Å². The van der Waals surface area contributed by atoms with Crippen molar-refractivity contribution in [2.45, 2.75) is 20.8 Å². The van der Waals surface area contributed by atoms with E-state index in [1.54, 1.807) is 6.92 Å². The predicted molar refractivity (Wildman–Crippen MR) is 56.7 cm³/mol. The van der Waals surface area contributed by atoms with E-state index in [-0.39, 0.29) is 5.63 Å². The first kappa shape index (κ1) is 9.00. The number of fused-ring (bicyclic) bond motifs is 1. The summed E-state index contributed by atoms with van der Waals surface area (Å²) >= 11 is 0. The van der Waals surface area contributed by atoms with E-state index in [4.69, 9.17) is 4.42 Å². The number of rotatable bonds is 0. The van der Waals surface area contributed by atoms with Crippen LogP contribution in [-0.4, -0.2) is 0 Å². The summed E-state index contributed by atoms with van der Waals surface area (Å²) in [6.07, 6.45) is 0. The highest BCUT2D eigenvalue weighted by atomic mass is 16.4. The lowest BCUT2D eigenvalue weighted by atomic mass is 10.1. The minimum atomic E-state index is -0.244. The molecule has 0 amide bonds.